The first-order valence-electron chi connectivity index (χ1n) is 6.45. The van der Waals surface area contributed by atoms with Crippen LogP contribution in [0.4, 0.5) is 4.79 Å². The Labute approximate surface area is 119 Å². The Morgan fingerprint density at radius 3 is 2.37 bits per heavy atom. The molecule has 0 aromatic heterocycles. The van der Waals surface area contributed by atoms with Crippen LogP contribution in [0.1, 0.15) is 20.8 Å². The zero-order chi connectivity index (χ0) is 14.3. The van der Waals surface area contributed by atoms with Crippen molar-refractivity contribution in [1.82, 2.24) is 9.80 Å². The van der Waals surface area contributed by atoms with Crippen LogP contribution in [-0.4, -0.2) is 67.1 Å². The lowest BCUT2D eigenvalue weighted by atomic mass is 10.2. The van der Waals surface area contributed by atoms with Crippen LogP contribution >= 0.6 is 12.0 Å². The smallest absolute Gasteiger partial charge is 0.410 e. The Morgan fingerprint density at radius 2 is 1.84 bits per heavy atom. The van der Waals surface area contributed by atoms with Crippen LogP contribution in [0.5, 0.6) is 0 Å². The van der Waals surface area contributed by atoms with Crippen LogP contribution in [0.2, 0.25) is 0 Å². The van der Waals surface area contributed by atoms with E-state index in [0.29, 0.717) is 13.1 Å². The van der Waals surface area contributed by atoms with Gasteiger partial charge in [-0.2, -0.15) is 4.33 Å². The number of carbonyl (C=O) groups excluding carboxylic acids is 1. The minimum atomic E-state index is -0.428. The molecule has 0 aliphatic carbocycles. The van der Waals surface area contributed by atoms with Crippen LogP contribution in [-0.2, 0) is 14.0 Å². The normalized spacial score (nSPS) is 17.6. The topological polar surface area (TPSA) is 51.2 Å². The summed E-state index contributed by atoms with van der Waals surface area (Å²) in [6.45, 7) is 9.74. The number of rotatable bonds is 5. The van der Waals surface area contributed by atoms with E-state index < -0.39 is 5.60 Å². The lowest BCUT2D eigenvalue weighted by molar-refractivity contribution is -0.160. The summed E-state index contributed by atoms with van der Waals surface area (Å²) in [5.41, 5.74) is -0.428. The van der Waals surface area contributed by atoms with E-state index >= 15 is 0 Å². The summed E-state index contributed by atoms with van der Waals surface area (Å²) >= 11 is 1.29. The first-order chi connectivity index (χ1) is 8.92. The van der Waals surface area contributed by atoms with Gasteiger partial charge in [0.15, 0.2) is 0 Å². The maximum atomic E-state index is 11.9. The summed E-state index contributed by atoms with van der Waals surface area (Å²) in [5, 5.41) is 0. The standard InChI is InChI=1S/C12H24N2O4S/c1-12(2,3)17-11(15)14-7-5-13(6-8-14)9-10-19-18-16-4/h5-10H2,1-4H3. The molecule has 0 saturated carbocycles. The summed E-state index contributed by atoms with van der Waals surface area (Å²) in [7, 11) is 1.49. The molecule has 0 spiro atoms. The van der Waals surface area contributed by atoms with E-state index in [9.17, 15) is 4.79 Å². The van der Waals surface area contributed by atoms with E-state index in [-0.39, 0.29) is 6.09 Å². The van der Waals surface area contributed by atoms with Gasteiger partial charge in [0.1, 0.15) is 5.60 Å². The van der Waals surface area contributed by atoms with E-state index in [0.717, 1.165) is 25.4 Å². The number of ether oxygens (including phenoxy) is 1. The average molecular weight is 292 g/mol. The molecule has 1 aliphatic heterocycles. The number of piperazine rings is 1. The van der Waals surface area contributed by atoms with Crippen LogP contribution in [0.15, 0.2) is 0 Å². The van der Waals surface area contributed by atoms with Crippen molar-refractivity contribution in [2.24, 2.45) is 0 Å². The molecule has 0 atom stereocenters. The van der Waals surface area contributed by atoms with Gasteiger partial charge in [0, 0.05) is 50.5 Å². The van der Waals surface area contributed by atoms with Crippen molar-refractivity contribution in [3.63, 3.8) is 0 Å². The number of hydrogen-bond donors (Lipinski definition) is 0. The Morgan fingerprint density at radius 1 is 1.21 bits per heavy atom. The molecule has 112 valence electrons. The fraction of sp³-hybridized carbons (Fsp3) is 0.917. The Hall–Kier alpha value is -0.500. The van der Waals surface area contributed by atoms with Gasteiger partial charge in [0.05, 0.1) is 7.11 Å². The van der Waals surface area contributed by atoms with Gasteiger partial charge in [0.25, 0.3) is 0 Å². The van der Waals surface area contributed by atoms with Crippen molar-refractivity contribution in [1.29, 1.82) is 0 Å². The molecule has 6 nitrogen and oxygen atoms in total. The summed E-state index contributed by atoms with van der Waals surface area (Å²) in [4.78, 5) is 20.4. The minimum Gasteiger partial charge on any atom is -0.444 e. The molecular weight excluding hydrogens is 268 g/mol. The maximum absolute atomic E-state index is 11.9. The highest BCUT2D eigenvalue weighted by Crippen LogP contribution is 2.12. The number of carbonyl (C=O) groups is 1. The molecule has 1 amide bonds. The molecule has 1 fully saturated rings. The third-order valence-corrected chi connectivity index (χ3v) is 3.21. The van der Waals surface area contributed by atoms with Crippen molar-refractivity contribution in [3.05, 3.63) is 0 Å². The Balaban J connectivity index is 2.19. The number of hydrogen-bond acceptors (Lipinski definition) is 6. The molecule has 1 aliphatic rings. The van der Waals surface area contributed by atoms with E-state index in [4.69, 9.17) is 9.07 Å². The predicted octanol–water partition coefficient (Wildman–Crippen LogP) is 1.77. The Bertz CT molecular complexity index is 275. The second kappa shape index (κ2) is 7.94. The lowest BCUT2D eigenvalue weighted by Gasteiger charge is -2.35. The van der Waals surface area contributed by atoms with E-state index in [1.807, 2.05) is 20.8 Å². The van der Waals surface area contributed by atoms with Gasteiger partial charge >= 0.3 is 6.09 Å². The second-order valence-corrected chi connectivity index (χ2v) is 6.15. The summed E-state index contributed by atoms with van der Waals surface area (Å²) < 4.78 is 10.1. The molecule has 1 rings (SSSR count). The third kappa shape index (κ3) is 7.00. The molecule has 7 heteroatoms. The van der Waals surface area contributed by atoms with Gasteiger partial charge in [-0.1, -0.05) is 0 Å². The summed E-state index contributed by atoms with van der Waals surface area (Å²) in [6, 6.07) is 0. The van der Waals surface area contributed by atoms with Gasteiger partial charge in [-0.25, -0.2) is 9.68 Å². The quantitative estimate of drug-likeness (QED) is 0.333. The van der Waals surface area contributed by atoms with E-state index in [1.54, 1.807) is 4.90 Å². The van der Waals surface area contributed by atoms with Crippen LogP contribution < -0.4 is 0 Å². The van der Waals surface area contributed by atoms with Crippen LogP contribution in [0.25, 0.3) is 0 Å². The molecule has 1 saturated heterocycles. The lowest BCUT2D eigenvalue weighted by Crippen LogP contribution is -2.50. The molecular formula is C12H24N2O4S. The molecule has 0 radical (unpaired) electrons. The minimum absolute atomic E-state index is 0.218. The molecule has 0 aromatic rings. The summed E-state index contributed by atoms with van der Waals surface area (Å²) in [5.74, 6) is 0.847. The first-order valence-corrected chi connectivity index (χ1v) is 7.36. The molecule has 0 aromatic carbocycles. The van der Waals surface area contributed by atoms with Crippen molar-refractivity contribution in [2.75, 3.05) is 45.6 Å². The molecule has 19 heavy (non-hydrogen) atoms. The zero-order valence-corrected chi connectivity index (χ0v) is 13.0. The SMILES string of the molecule is COOSCCN1CCN(C(=O)OC(C)(C)C)CC1. The molecule has 0 bridgehead atoms. The fourth-order valence-corrected chi connectivity index (χ4v) is 2.23. The van der Waals surface area contributed by atoms with E-state index in [1.165, 1.54) is 19.2 Å². The predicted molar refractivity (Wildman–Crippen MR) is 74.8 cm³/mol. The van der Waals surface area contributed by atoms with Gasteiger partial charge in [-0.05, 0) is 20.8 Å². The van der Waals surface area contributed by atoms with Crippen molar-refractivity contribution < 1.29 is 18.8 Å². The monoisotopic (exact) mass is 292 g/mol. The van der Waals surface area contributed by atoms with Crippen molar-refractivity contribution in [3.8, 4) is 0 Å². The van der Waals surface area contributed by atoms with E-state index in [2.05, 4.69) is 9.79 Å². The third-order valence-electron chi connectivity index (χ3n) is 2.63. The largest absolute Gasteiger partial charge is 0.444 e. The van der Waals surface area contributed by atoms with Gasteiger partial charge < -0.3 is 9.64 Å². The first kappa shape index (κ1) is 16.6. The summed E-state index contributed by atoms with van der Waals surface area (Å²) in [6.07, 6.45) is -0.218. The van der Waals surface area contributed by atoms with Crippen molar-refractivity contribution in [2.45, 2.75) is 26.4 Å². The maximum Gasteiger partial charge on any atom is 0.410 e. The fourth-order valence-electron chi connectivity index (χ4n) is 1.73. The molecule has 1 heterocycles. The second-order valence-electron chi connectivity index (χ2n) is 5.37. The Kier molecular flexibility index (Phi) is 6.92. The zero-order valence-electron chi connectivity index (χ0n) is 12.2. The highest BCUT2D eigenvalue weighted by molar-refractivity contribution is 7.94. The van der Waals surface area contributed by atoms with Gasteiger partial charge in [0.2, 0.25) is 0 Å². The number of nitrogens with zero attached hydrogens (tertiary/aromatic N) is 2. The molecule has 0 N–H and O–H groups in total. The number of amides is 1. The highest BCUT2D eigenvalue weighted by atomic mass is 32.2. The van der Waals surface area contributed by atoms with Gasteiger partial charge in [-0.3, -0.25) is 4.90 Å². The molecule has 0 unspecified atom stereocenters. The van der Waals surface area contributed by atoms with Crippen LogP contribution in [0.3, 0.4) is 0 Å². The van der Waals surface area contributed by atoms with Crippen LogP contribution in [0, 0.1) is 0 Å². The average Bonchev–Trinajstić information content (AvgIpc) is 2.33. The highest BCUT2D eigenvalue weighted by Gasteiger charge is 2.25. The van der Waals surface area contributed by atoms with Crippen molar-refractivity contribution >= 4 is 18.1 Å². The van der Waals surface area contributed by atoms with Gasteiger partial charge in [-0.15, -0.1) is 0 Å².